The van der Waals surface area contributed by atoms with Gasteiger partial charge in [0.05, 0.1) is 42.4 Å². The van der Waals surface area contributed by atoms with Crippen LogP contribution in [0.4, 0.5) is 10.6 Å². The van der Waals surface area contributed by atoms with E-state index >= 15 is 0 Å². The van der Waals surface area contributed by atoms with E-state index in [1.165, 1.54) is 6.20 Å². The van der Waals surface area contributed by atoms with Crippen molar-refractivity contribution in [1.29, 1.82) is 5.26 Å². The number of rotatable bonds is 7. The van der Waals surface area contributed by atoms with Gasteiger partial charge in [-0.3, -0.25) is 4.18 Å². The average molecular weight is 557 g/mol. The molecular formula is C26H32N6O6S. The highest BCUT2D eigenvalue weighted by molar-refractivity contribution is 7.86. The molecule has 3 aromatic rings. The van der Waals surface area contributed by atoms with Crippen molar-refractivity contribution < 1.29 is 26.9 Å². The van der Waals surface area contributed by atoms with Gasteiger partial charge in [0.15, 0.2) is 0 Å². The first-order valence-corrected chi connectivity index (χ1v) is 14.3. The molecule has 39 heavy (non-hydrogen) atoms. The molecule has 208 valence electrons. The second kappa shape index (κ2) is 11.1. The molecular weight excluding hydrogens is 524 g/mol. The Labute approximate surface area is 227 Å². The van der Waals surface area contributed by atoms with Gasteiger partial charge in [-0.2, -0.15) is 18.8 Å². The van der Waals surface area contributed by atoms with Crippen molar-refractivity contribution >= 4 is 27.5 Å². The van der Waals surface area contributed by atoms with E-state index in [9.17, 15) is 18.5 Å². The Morgan fingerprint density at radius 3 is 2.67 bits per heavy atom. The summed E-state index contributed by atoms with van der Waals surface area (Å²) in [7, 11) is -3.74. The molecule has 1 aliphatic rings. The van der Waals surface area contributed by atoms with Gasteiger partial charge in [0.2, 0.25) is 0 Å². The van der Waals surface area contributed by atoms with Crippen LogP contribution >= 0.6 is 0 Å². The van der Waals surface area contributed by atoms with Crippen molar-refractivity contribution in [1.82, 2.24) is 19.9 Å². The maximum atomic E-state index is 12.5. The van der Waals surface area contributed by atoms with Crippen LogP contribution in [0.2, 0.25) is 0 Å². The van der Waals surface area contributed by atoms with Crippen LogP contribution in [0, 0.1) is 11.3 Å². The smallest absolute Gasteiger partial charge is 0.408 e. The SMILES string of the molecule is CCOc1cc(-c2ccc(N3CCC(OS(C)(=O)=O)C(NC(=O)OC(C)(C)C)C3)nc2)c2c(C#N)cnn2c1. The van der Waals surface area contributed by atoms with Crippen molar-refractivity contribution in [3.63, 3.8) is 0 Å². The van der Waals surface area contributed by atoms with Gasteiger partial charge in [-0.05, 0) is 52.3 Å². The largest absolute Gasteiger partial charge is 0.492 e. The van der Waals surface area contributed by atoms with Gasteiger partial charge < -0.3 is 19.7 Å². The molecule has 0 aromatic carbocycles. The summed E-state index contributed by atoms with van der Waals surface area (Å²) in [5.41, 5.74) is 1.88. The highest BCUT2D eigenvalue weighted by Gasteiger charge is 2.35. The molecule has 0 bridgehead atoms. The lowest BCUT2D eigenvalue weighted by molar-refractivity contribution is 0.0433. The molecule has 2 unspecified atom stereocenters. The van der Waals surface area contributed by atoms with Crippen LogP contribution in [0.5, 0.6) is 5.75 Å². The molecule has 1 amide bonds. The third-order valence-electron chi connectivity index (χ3n) is 5.95. The maximum Gasteiger partial charge on any atom is 0.408 e. The van der Waals surface area contributed by atoms with Gasteiger partial charge in [-0.15, -0.1) is 0 Å². The Morgan fingerprint density at radius 1 is 1.28 bits per heavy atom. The van der Waals surface area contributed by atoms with Crippen LogP contribution < -0.4 is 15.0 Å². The number of piperidine rings is 1. The Kier molecular flexibility index (Phi) is 7.99. The van der Waals surface area contributed by atoms with E-state index in [2.05, 4.69) is 21.5 Å². The van der Waals surface area contributed by atoms with Crippen molar-refractivity contribution in [3.8, 4) is 22.9 Å². The van der Waals surface area contributed by atoms with Gasteiger partial charge in [-0.25, -0.2) is 14.3 Å². The number of hydrogen-bond acceptors (Lipinski definition) is 10. The minimum absolute atomic E-state index is 0.261. The summed E-state index contributed by atoms with van der Waals surface area (Å²) < 4.78 is 41.6. The second-order valence-corrected chi connectivity index (χ2v) is 11.8. The number of carbonyl (C=O) groups excluding carboxylic acids is 1. The zero-order valence-corrected chi connectivity index (χ0v) is 23.4. The van der Waals surface area contributed by atoms with E-state index in [1.807, 2.05) is 30.0 Å². The number of alkyl carbamates (subject to hydrolysis) is 1. The Morgan fingerprint density at radius 2 is 2.05 bits per heavy atom. The highest BCUT2D eigenvalue weighted by Crippen LogP contribution is 2.32. The lowest BCUT2D eigenvalue weighted by atomic mass is 10.0. The summed E-state index contributed by atoms with van der Waals surface area (Å²) >= 11 is 0. The fourth-order valence-electron chi connectivity index (χ4n) is 4.45. The molecule has 3 aromatic heterocycles. The molecule has 2 atom stereocenters. The molecule has 0 saturated carbocycles. The molecule has 1 fully saturated rings. The summed E-state index contributed by atoms with van der Waals surface area (Å²) in [6, 6.07) is 7.10. The van der Waals surface area contributed by atoms with Gasteiger partial charge >= 0.3 is 6.09 Å². The zero-order valence-electron chi connectivity index (χ0n) is 22.5. The lowest BCUT2D eigenvalue weighted by Crippen LogP contribution is -2.57. The average Bonchev–Trinajstić information content (AvgIpc) is 3.26. The molecule has 1 aliphatic heterocycles. The molecule has 0 aliphatic carbocycles. The third kappa shape index (κ3) is 6.96. The summed E-state index contributed by atoms with van der Waals surface area (Å²) in [4.78, 5) is 19.1. The minimum atomic E-state index is -3.74. The van der Waals surface area contributed by atoms with Crippen LogP contribution in [0.3, 0.4) is 0 Å². The van der Waals surface area contributed by atoms with E-state index < -0.39 is 34.0 Å². The molecule has 4 rings (SSSR count). The predicted octanol–water partition coefficient (Wildman–Crippen LogP) is 3.11. The Bertz CT molecular complexity index is 1490. The second-order valence-electron chi connectivity index (χ2n) is 10.2. The highest BCUT2D eigenvalue weighted by atomic mass is 32.2. The molecule has 13 heteroatoms. The van der Waals surface area contributed by atoms with Crippen molar-refractivity contribution in [2.75, 3.05) is 30.9 Å². The number of nitrogens with zero attached hydrogens (tertiary/aromatic N) is 5. The van der Waals surface area contributed by atoms with Crippen LogP contribution in [0.25, 0.3) is 16.6 Å². The topological polar surface area (TPSA) is 148 Å². The number of aromatic nitrogens is 3. The van der Waals surface area contributed by atoms with E-state index in [1.54, 1.807) is 37.7 Å². The predicted molar refractivity (Wildman–Crippen MR) is 144 cm³/mol. The summed E-state index contributed by atoms with van der Waals surface area (Å²) in [5.74, 6) is 1.25. The Hall–Kier alpha value is -3.89. The summed E-state index contributed by atoms with van der Waals surface area (Å²) in [5, 5.41) is 16.6. The number of carbonyl (C=O) groups is 1. The van der Waals surface area contributed by atoms with Crippen molar-refractivity contribution in [2.24, 2.45) is 0 Å². The first kappa shape index (κ1) is 28.1. The fraction of sp³-hybridized carbons (Fsp3) is 0.462. The molecule has 0 radical (unpaired) electrons. The van der Waals surface area contributed by atoms with Crippen LogP contribution in [0.1, 0.15) is 39.7 Å². The molecule has 0 spiro atoms. The number of nitrogens with one attached hydrogen (secondary N) is 1. The van der Waals surface area contributed by atoms with Gasteiger partial charge in [0.25, 0.3) is 10.1 Å². The van der Waals surface area contributed by atoms with E-state index in [0.29, 0.717) is 42.2 Å². The molecule has 1 N–H and O–H groups in total. The van der Waals surface area contributed by atoms with Crippen LogP contribution in [-0.2, 0) is 19.0 Å². The van der Waals surface area contributed by atoms with Crippen LogP contribution in [0.15, 0.2) is 36.8 Å². The minimum Gasteiger partial charge on any atom is -0.492 e. The van der Waals surface area contributed by atoms with Crippen molar-refractivity contribution in [2.45, 2.75) is 51.9 Å². The fourth-order valence-corrected chi connectivity index (χ4v) is 5.13. The first-order chi connectivity index (χ1) is 18.4. The number of hydrogen-bond donors (Lipinski definition) is 1. The van der Waals surface area contributed by atoms with E-state index in [-0.39, 0.29) is 6.54 Å². The van der Waals surface area contributed by atoms with E-state index in [0.717, 1.165) is 17.4 Å². The number of fused-ring (bicyclic) bond motifs is 1. The molecule has 4 heterocycles. The summed E-state index contributed by atoms with van der Waals surface area (Å²) in [6.45, 7) is 8.33. The normalized spacial score (nSPS) is 18.0. The first-order valence-electron chi connectivity index (χ1n) is 12.5. The van der Waals surface area contributed by atoms with Gasteiger partial charge in [0, 0.05) is 30.4 Å². The summed E-state index contributed by atoms with van der Waals surface area (Å²) in [6.07, 6.45) is 4.86. The third-order valence-corrected chi connectivity index (χ3v) is 6.55. The maximum absolute atomic E-state index is 12.5. The van der Waals surface area contributed by atoms with Crippen LogP contribution in [-0.4, -0.2) is 72.8 Å². The number of anilines is 1. The molecule has 1 saturated heterocycles. The number of ether oxygens (including phenoxy) is 2. The number of nitriles is 1. The number of amides is 1. The van der Waals surface area contributed by atoms with Crippen molar-refractivity contribution in [3.05, 3.63) is 42.4 Å². The monoisotopic (exact) mass is 556 g/mol. The Balaban J connectivity index is 1.60. The lowest BCUT2D eigenvalue weighted by Gasteiger charge is -2.38. The van der Waals surface area contributed by atoms with Gasteiger partial charge in [0.1, 0.15) is 29.3 Å². The van der Waals surface area contributed by atoms with Gasteiger partial charge in [-0.1, -0.05) is 0 Å². The molecule has 12 nitrogen and oxygen atoms in total. The zero-order chi connectivity index (χ0) is 28.4. The number of pyridine rings is 2. The van der Waals surface area contributed by atoms with E-state index in [4.69, 9.17) is 13.7 Å². The quantitative estimate of drug-likeness (QED) is 0.430. The standard InChI is InChI=1S/C26H32N6O6S/c1-6-36-19-11-20(24-18(12-27)14-29-32(24)15-19)17-7-8-23(28-13-17)31-10-9-22(38-39(5,34)35)21(16-31)30-25(33)37-26(2,3)4/h7-8,11,13-15,21-22H,6,9-10,16H2,1-5H3,(H,30,33).